The largest absolute Gasteiger partial charge is 0.497 e. The molecule has 3 aromatic rings. The molecule has 174 valence electrons. The first-order chi connectivity index (χ1) is 16.0. The highest BCUT2D eigenvalue weighted by molar-refractivity contribution is 5.98. The first-order valence-corrected chi connectivity index (χ1v) is 11.8. The lowest BCUT2D eigenvalue weighted by molar-refractivity contribution is -0.126. The van der Waals surface area contributed by atoms with Crippen LogP contribution in [-0.2, 0) is 11.2 Å². The van der Waals surface area contributed by atoms with E-state index in [4.69, 9.17) is 4.74 Å². The van der Waals surface area contributed by atoms with Crippen LogP contribution >= 0.6 is 0 Å². The molecule has 1 fully saturated rings. The third-order valence-electron chi connectivity index (χ3n) is 6.79. The maximum absolute atomic E-state index is 13.0. The average molecular weight is 448 g/mol. The monoisotopic (exact) mass is 447 g/mol. The lowest BCUT2D eigenvalue weighted by Gasteiger charge is -2.34. The molecule has 1 aromatic heterocycles. The molecular formula is C27H33N3O3. The van der Waals surface area contributed by atoms with Crippen LogP contribution in [0.15, 0.2) is 54.6 Å². The highest BCUT2D eigenvalue weighted by Crippen LogP contribution is 2.27. The number of hydrogen-bond donors (Lipinski definition) is 2. The summed E-state index contributed by atoms with van der Waals surface area (Å²) in [6.45, 7) is 4.06. The Morgan fingerprint density at radius 3 is 2.61 bits per heavy atom. The second-order valence-electron chi connectivity index (χ2n) is 8.93. The standard InChI is InChI=1S/C27H33N3O3/c1-19(26(31)28-14-6-9-20-7-4-3-5-8-20)21-12-15-30(16-13-21)27(32)25-17-22-10-11-23(33-2)18-24(22)29-25/h3-5,7-8,10-11,17-19,21,29H,6,9,12-16H2,1-2H3,(H,28,31)/t19-/m0/s1. The Balaban J connectivity index is 1.23. The van der Waals surface area contributed by atoms with Gasteiger partial charge in [-0.15, -0.1) is 0 Å². The van der Waals surface area contributed by atoms with E-state index in [-0.39, 0.29) is 17.7 Å². The minimum atomic E-state index is -0.0421. The van der Waals surface area contributed by atoms with Gasteiger partial charge in [-0.2, -0.15) is 0 Å². The summed E-state index contributed by atoms with van der Waals surface area (Å²) in [5.74, 6) is 1.16. The fourth-order valence-electron chi connectivity index (χ4n) is 4.65. The number of H-pyrrole nitrogens is 1. The summed E-state index contributed by atoms with van der Waals surface area (Å²) in [5.41, 5.74) is 2.79. The summed E-state index contributed by atoms with van der Waals surface area (Å²) in [4.78, 5) is 30.8. The van der Waals surface area contributed by atoms with Crippen molar-refractivity contribution in [2.75, 3.05) is 26.7 Å². The van der Waals surface area contributed by atoms with Crippen LogP contribution in [0.1, 0.15) is 42.2 Å². The van der Waals surface area contributed by atoms with Gasteiger partial charge in [0.05, 0.1) is 7.11 Å². The molecule has 0 aliphatic carbocycles. The summed E-state index contributed by atoms with van der Waals surface area (Å²) in [6.07, 6.45) is 3.60. The number of aromatic amines is 1. The Bertz CT molecular complexity index is 1080. The molecule has 2 heterocycles. The second-order valence-corrected chi connectivity index (χ2v) is 8.93. The van der Waals surface area contributed by atoms with Crippen molar-refractivity contribution in [3.05, 3.63) is 65.9 Å². The average Bonchev–Trinajstić information content (AvgIpc) is 3.29. The molecule has 1 aliphatic heterocycles. The van der Waals surface area contributed by atoms with Crippen LogP contribution in [0.25, 0.3) is 10.9 Å². The predicted octanol–water partition coefficient (Wildman–Crippen LogP) is 4.41. The molecule has 1 aliphatic rings. The van der Waals surface area contributed by atoms with Gasteiger partial charge in [-0.1, -0.05) is 37.3 Å². The van der Waals surface area contributed by atoms with Crippen LogP contribution in [0.5, 0.6) is 5.75 Å². The summed E-state index contributed by atoms with van der Waals surface area (Å²) in [7, 11) is 1.63. The molecule has 0 saturated carbocycles. The van der Waals surface area contributed by atoms with Gasteiger partial charge in [0, 0.05) is 42.5 Å². The summed E-state index contributed by atoms with van der Waals surface area (Å²) >= 11 is 0. The Kier molecular flexibility index (Phi) is 7.33. The molecule has 0 radical (unpaired) electrons. The van der Waals surface area contributed by atoms with E-state index < -0.39 is 0 Å². The molecule has 0 unspecified atom stereocenters. The zero-order chi connectivity index (χ0) is 23.2. The van der Waals surface area contributed by atoms with Gasteiger partial charge in [0.15, 0.2) is 0 Å². The van der Waals surface area contributed by atoms with Crippen molar-refractivity contribution < 1.29 is 14.3 Å². The first kappa shape index (κ1) is 22.9. The van der Waals surface area contributed by atoms with Crippen LogP contribution in [0.2, 0.25) is 0 Å². The van der Waals surface area contributed by atoms with Crippen molar-refractivity contribution in [2.24, 2.45) is 11.8 Å². The SMILES string of the molecule is COc1ccc2cc(C(=O)N3CCC([C@H](C)C(=O)NCCCc4ccccc4)CC3)[nH]c2c1. The molecule has 2 aromatic carbocycles. The van der Waals surface area contributed by atoms with Crippen LogP contribution in [-0.4, -0.2) is 48.4 Å². The van der Waals surface area contributed by atoms with E-state index in [2.05, 4.69) is 22.4 Å². The Hall–Kier alpha value is -3.28. The van der Waals surface area contributed by atoms with Gasteiger partial charge >= 0.3 is 0 Å². The maximum atomic E-state index is 13.0. The van der Waals surface area contributed by atoms with E-state index in [1.807, 2.05) is 54.3 Å². The van der Waals surface area contributed by atoms with Gasteiger partial charge in [-0.3, -0.25) is 9.59 Å². The van der Waals surface area contributed by atoms with Crippen molar-refractivity contribution in [1.29, 1.82) is 0 Å². The van der Waals surface area contributed by atoms with E-state index >= 15 is 0 Å². The number of fused-ring (bicyclic) bond motifs is 1. The minimum absolute atomic E-state index is 0.0154. The van der Waals surface area contributed by atoms with Gasteiger partial charge in [-0.25, -0.2) is 0 Å². The maximum Gasteiger partial charge on any atom is 0.270 e. The number of nitrogens with zero attached hydrogens (tertiary/aromatic N) is 1. The zero-order valence-electron chi connectivity index (χ0n) is 19.5. The number of rotatable bonds is 8. The molecule has 2 amide bonds. The number of carbonyl (C=O) groups is 2. The van der Waals surface area contributed by atoms with E-state index in [1.165, 1.54) is 5.56 Å². The highest BCUT2D eigenvalue weighted by Gasteiger charge is 2.30. The van der Waals surface area contributed by atoms with Gasteiger partial charge in [0.25, 0.3) is 5.91 Å². The second kappa shape index (κ2) is 10.6. The smallest absolute Gasteiger partial charge is 0.270 e. The number of aromatic nitrogens is 1. The van der Waals surface area contributed by atoms with E-state index in [0.29, 0.717) is 31.2 Å². The van der Waals surface area contributed by atoms with Crippen molar-refractivity contribution in [2.45, 2.75) is 32.6 Å². The molecule has 6 heteroatoms. The van der Waals surface area contributed by atoms with Crippen LogP contribution < -0.4 is 10.1 Å². The van der Waals surface area contributed by atoms with Crippen molar-refractivity contribution in [3.63, 3.8) is 0 Å². The van der Waals surface area contributed by atoms with Crippen LogP contribution in [0.3, 0.4) is 0 Å². The van der Waals surface area contributed by atoms with Gasteiger partial charge in [0.2, 0.25) is 5.91 Å². The fourth-order valence-corrected chi connectivity index (χ4v) is 4.65. The summed E-state index contributed by atoms with van der Waals surface area (Å²) < 4.78 is 5.26. The molecule has 6 nitrogen and oxygen atoms in total. The lowest BCUT2D eigenvalue weighted by atomic mass is 9.84. The van der Waals surface area contributed by atoms with Gasteiger partial charge in [-0.05, 0) is 55.4 Å². The topological polar surface area (TPSA) is 74.4 Å². The lowest BCUT2D eigenvalue weighted by Crippen LogP contribution is -2.43. The Morgan fingerprint density at radius 1 is 1.12 bits per heavy atom. The van der Waals surface area contributed by atoms with Crippen LogP contribution in [0, 0.1) is 11.8 Å². The number of amides is 2. The number of nitrogens with one attached hydrogen (secondary N) is 2. The molecule has 4 rings (SSSR count). The fraction of sp³-hybridized carbons (Fsp3) is 0.407. The molecule has 0 bridgehead atoms. The number of methoxy groups -OCH3 is 1. The Morgan fingerprint density at radius 2 is 1.88 bits per heavy atom. The van der Waals surface area contributed by atoms with E-state index in [0.717, 1.165) is 42.3 Å². The highest BCUT2D eigenvalue weighted by atomic mass is 16.5. The molecule has 33 heavy (non-hydrogen) atoms. The number of ether oxygens (including phenoxy) is 1. The van der Waals surface area contributed by atoms with Gasteiger partial charge in [0.1, 0.15) is 11.4 Å². The number of piperidine rings is 1. The molecule has 1 atom stereocenters. The third-order valence-corrected chi connectivity index (χ3v) is 6.79. The summed E-state index contributed by atoms with van der Waals surface area (Å²) in [5, 5.41) is 4.09. The molecule has 2 N–H and O–H groups in total. The van der Waals surface area contributed by atoms with Crippen molar-refractivity contribution in [3.8, 4) is 5.75 Å². The van der Waals surface area contributed by atoms with Crippen LogP contribution in [0.4, 0.5) is 0 Å². The first-order valence-electron chi connectivity index (χ1n) is 11.8. The minimum Gasteiger partial charge on any atom is -0.497 e. The zero-order valence-corrected chi connectivity index (χ0v) is 19.5. The Labute approximate surface area is 195 Å². The number of likely N-dealkylation sites (tertiary alicyclic amines) is 1. The molecule has 1 saturated heterocycles. The summed E-state index contributed by atoms with van der Waals surface area (Å²) in [6, 6.07) is 18.0. The normalized spacial score (nSPS) is 15.4. The van der Waals surface area contributed by atoms with E-state index in [1.54, 1.807) is 7.11 Å². The molecular weight excluding hydrogens is 414 g/mol. The number of aryl methyl sites for hydroxylation is 1. The van der Waals surface area contributed by atoms with Crippen molar-refractivity contribution >= 4 is 22.7 Å². The number of carbonyl (C=O) groups excluding carboxylic acids is 2. The quantitative estimate of drug-likeness (QED) is 0.502. The molecule has 0 spiro atoms. The third kappa shape index (κ3) is 5.56. The number of benzene rings is 2. The van der Waals surface area contributed by atoms with E-state index in [9.17, 15) is 9.59 Å². The predicted molar refractivity (Wildman–Crippen MR) is 130 cm³/mol. The van der Waals surface area contributed by atoms with Gasteiger partial charge < -0.3 is 19.9 Å². The number of hydrogen-bond acceptors (Lipinski definition) is 3. The van der Waals surface area contributed by atoms with Crippen molar-refractivity contribution in [1.82, 2.24) is 15.2 Å².